The first-order valence-electron chi connectivity index (χ1n) is 6.11. The minimum Gasteiger partial charge on any atom is -0.379 e. The van der Waals surface area contributed by atoms with Gasteiger partial charge in [-0.15, -0.1) is 0 Å². The van der Waals surface area contributed by atoms with Crippen LogP contribution in [0.2, 0.25) is 5.02 Å². The molecule has 0 bridgehead atoms. The highest BCUT2D eigenvalue weighted by atomic mass is 35.5. The number of hydrogen-bond donors (Lipinski definition) is 2. The summed E-state index contributed by atoms with van der Waals surface area (Å²) in [6.45, 7) is 2.16. The summed E-state index contributed by atoms with van der Waals surface area (Å²) in [6.07, 6.45) is 2.45. The van der Waals surface area contributed by atoms with Crippen LogP contribution < -0.4 is 15.5 Å². The van der Waals surface area contributed by atoms with E-state index in [2.05, 4.69) is 21.6 Å². The zero-order valence-corrected chi connectivity index (χ0v) is 11.2. The first-order chi connectivity index (χ1) is 8.16. The van der Waals surface area contributed by atoms with Gasteiger partial charge in [0.25, 0.3) is 0 Å². The Morgan fingerprint density at radius 3 is 2.88 bits per heavy atom. The van der Waals surface area contributed by atoms with Crippen LogP contribution >= 0.6 is 11.6 Å². The lowest BCUT2D eigenvalue weighted by atomic mass is 10.1. The Kier molecular flexibility index (Phi) is 4.13. The normalized spacial score (nSPS) is 20.1. The van der Waals surface area contributed by atoms with Gasteiger partial charge in [0.15, 0.2) is 0 Å². The van der Waals surface area contributed by atoms with Gasteiger partial charge >= 0.3 is 0 Å². The summed E-state index contributed by atoms with van der Waals surface area (Å²) in [6, 6.07) is 6.49. The second kappa shape index (κ2) is 5.61. The molecule has 1 fully saturated rings. The summed E-state index contributed by atoms with van der Waals surface area (Å²) in [5, 5.41) is 7.77. The standard InChI is InChI=1S/C13H20ClN3/c1-17(2)13-6-5-10(14)8-12(13)16-11-4-3-7-15-9-11/h5-6,8,11,15-16H,3-4,7,9H2,1-2H3. The van der Waals surface area contributed by atoms with E-state index < -0.39 is 0 Å². The van der Waals surface area contributed by atoms with E-state index >= 15 is 0 Å². The Morgan fingerprint density at radius 2 is 2.24 bits per heavy atom. The SMILES string of the molecule is CN(C)c1ccc(Cl)cc1NC1CCCNC1. The number of halogens is 1. The molecule has 1 aromatic rings. The van der Waals surface area contributed by atoms with Gasteiger partial charge in [-0.25, -0.2) is 0 Å². The van der Waals surface area contributed by atoms with Crippen LogP contribution in [0, 0.1) is 0 Å². The summed E-state index contributed by atoms with van der Waals surface area (Å²) in [4.78, 5) is 2.11. The molecule has 17 heavy (non-hydrogen) atoms. The molecule has 0 radical (unpaired) electrons. The van der Waals surface area contributed by atoms with Crippen molar-refractivity contribution in [2.75, 3.05) is 37.4 Å². The molecule has 2 rings (SSSR count). The van der Waals surface area contributed by atoms with E-state index in [1.165, 1.54) is 18.5 Å². The monoisotopic (exact) mass is 253 g/mol. The van der Waals surface area contributed by atoms with Crippen molar-refractivity contribution < 1.29 is 0 Å². The molecule has 94 valence electrons. The van der Waals surface area contributed by atoms with Crippen LogP contribution in [-0.4, -0.2) is 33.2 Å². The molecule has 1 atom stereocenters. The molecule has 0 amide bonds. The van der Waals surface area contributed by atoms with Gasteiger partial charge < -0.3 is 15.5 Å². The number of piperidine rings is 1. The first-order valence-corrected chi connectivity index (χ1v) is 6.49. The molecule has 1 aliphatic rings. The summed E-state index contributed by atoms with van der Waals surface area (Å²) in [7, 11) is 4.10. The maximum absolute atomic E-state index is 6.07. The third-order valence-electron chi connectivity index (χ3n) is 3.10. The molecule has 1 aliphatic heterocycles. The minimum absolute atomic E-state index is 0.501. The number of hydrogen-bond acceptors (Lipinski definition) is 3. The smallest absolute Gasteiger partial charge is 0.0597 e. The molecule has 0 aliphatic carbocycles. The Bertz CT molecular complexity index is 373. The van der Waals surface area contributed by atoms with Crippen molar-refractivity contribution in [2.24, 2.45) is 0 Å². The molecule has 4 heteroatoms. The molecule has 0 saturated carbocycles. The molecular weight excluding hydrogens is 234 g/mol. The van der Waals surface area contributed by atoms with E-state index in [0.29, 0.717) is 6.04 Å². The molecule has 0 spiro atoms. The highest BCUT2D eigenvalue weighted by Crippen LogP contribution is 2.29. The van der Waals surface area contributed by atoms with Crippen molar-refractivity contribution >= 4 is 23.0 Å². The van der Waals surface area contributed by atoms with Crippen molar-refractivity contribution in [3.63, 3.8) is 0 Å². The highest BCUT2D eigenvalue weighted by Gasteiger charge is 2.14. The number of nitrogens with one attached hydrogen (secondary N) is 2. The molecular formula is C13H20ClN3. The molecule has 1 saturated heterocycles. The van der Waals surface area contributed by atoms with Gasteiger partial charge in [-0.05, 0) is 37.6 Å². The van der Waals surface area contributed by atoms with Gasteiger partial charge in [-0.3, -0.25) is 0 Å². The van der Waals surface area contributed by atoms with Crippen LogP contribution in [0.1, 0.15) is 12.8 Å². The average molecular weight is 254 g/mol. The Balaban J connectivity index is 2.14. The van der Waals surface area contributed by atoms with E-state index in [1.54, 1.807) is 0 Å². The maximum atomic E-state index is 6.07. The predicted octanol–water partition coefficient (Wildman–Crippen LogP) is 2.57. The minimum atomic E-state index is 0.501. The lowest BCUT2D eigenvalue weighted by Crippen LogP contribution is -2.38. The maximum Gasteiger partial charge on any atom is 0.0597 e. The van der Waals surface area contributed by atoms with Crippen molar-refractivity contribution in [3.8, 4) is 0 Å². The van der Waals surface area contributed by atoms with E-state index in [0.717, 1.165) is 23.8 Å². The van der Waals surface area contributed by atoms with Gasteiger partial charge in [0.05, 0.1) is 11.4 Å². The number of benzene rings is 1. The quantitative estimate of drug-likeness (QED) is 0.867. The largest absolute Gasteiger partial charge is 0.379 e. The van der Waals surface area contributed by atoms with E-state index in [4.69, 9.17) is 11.6 Å². The second-order valence-corrected chi connectivity index (χ2v) is 5.18. The first kappa shape index (κ1) is 12.5. The average Bonchev–Trinajstić information content (AvgIpc) is 2.30. The van der Waals surface area contributed by atoms with Crippen molar-refractivity contribution in [2.45, 2.75) is 18.9 Å². The van der Waals surface area contributed by atoms with Crippen LogP contribution in [0.25, 0.3) is 0 Å². The van der Waals surface area contributed by atoms with E-state index in [9.17, 15) is 0 Å². The molecule has 1 aromatic carbocycles. The number of anilines is 2. The second-order valence-electron chi connectivity index (χ2n) is 4.74. The summed E-state index contributed by atoms with van der Waals surface area (Å²) >= 11 is 6.07. The van der Waals surface area contributed by atoms with Gasteiger partial charge in [-0.2, -0.15) is 0 Å². The van der Waals surface area contributed by atoms with Crippen molar-refractivity contribution in [3.05, 3.63) is 23.2 Å². The molecule has 2 N–H and O–H groups in total. The van der Waals surface area contributed by atoms with Crippen LogP contribution in [0.3, 0.4) is 0 Å². The van der Waals surface area contributed by atoms with Crippen LogP contribution in [0.15, 0.2) is 18.2 Å². The summed E-state index contributed by atoms with van der Waals surface area (Å²) in [5.74, 6) is 0. The number of nitrogens with zero attached hydrogens (tertiary/aromatic N) is 1. The van der Waals surface area contributed by atoms with E-state index in [-0.39, 0.29) is 0 Å². The number of rotatable bonds is 3. The molecule has 0 aromatic heterocycles. The summed E-state index contributed by atoms with van der Waals surface area (Å²) in [5.41, 5.74) is 2.30. The topological polar surface area (TPSA) is 27.3 Å². The van der Waals surface area contributed by atoms with Crippen molar-refractivity contribution in [1.82, 2.24) is 5.32 Å². The lowest BCUT2D eigenvalue weighted by Gasteiger charge is -2.27. The fourth-order valence-corrected chi connectivity index (χ4v) is 2.38. The van der Waals surface area contributed by atoms with Crippen molar-refractivity contribution in [1.29, 1.82) is 0 Å². The van der Waals surface area contributed by atoms with Gasteiger partial charge in [0, 0.05) is 31.7 Å². The third kappa shape index (κ3) is 3.27. The van der Waals surface area contributed by atoms with Gasteiger partial charge in [0.1, 0.15) is 0 Å². The fourth-order valence-electron chi connectivity index (χ4n) is 2.21. The molecule has 1 heterocycles. The zero-order chi connectivity index (χ0) is 12.3. The Morgan fingerprint density at radius 1 is 1.41 bits per heavy atom. The zero-order valence-electron chi connectivity index (χ0n) is 10.5. The Labute approximate surface area is 108 Å². The van der Waals surface area contributed by atoms with Crippen LogP contribution in [0.5, 0.6) is 0 Å². The molecule has 1 unspecified atom stereocenters. The Hall–Kier alpha value is -0.930. The predicted molar refractivity (Wildman–Crippen MR) is 75.3 cm³/mol. The lowest BCUT2D eigenvalue weighted by molar-refractivity contribution is 0.480. The third-order valence-corrected chi connectivity index (χ3v) is 3.33. The summed E-state index contributed by atoms with van der Waals surface area (Å²) < 4.78 is 0. The highest BCUT2D eigenvalue weighted by molar-refractivity contribution is 6.31. The van der Waals surface area contributed by atoms with Gasteiger partial charge in [0.2, 0.25) is 0 Å². The van der Waals surface area contributed by atoms with E-state index in [1.807, 2.05) is 26.2 Å². The van der Waals surface area contributed by atoms with Gasteiger partial charge in [-0.1, -0.05) is 11.6 Å². The fraction of sp³-hybridized carbons (Fsp3) is 0.538. The van der Waals surface area contributed by atoms with Crippen LogP contribution in [-0.2, 0) is 0 Å². The molecule has 3 nitrogen and oxygen atoms in total. The van der Waals surface area contributed by atoms with Crippen LogP contribution in [0.4, 0.5) is 11.4 Å².